The number of aromatic nitrogens is 1. The molecule has 2 N–H and O–H groups in total. The standard InChI is InChI=1S/C10H16N2O4S2/c1-8(4-6-17(2)14)12-18(15,16)10-7-11-5-3-9(10)13/h3,5,7-8,12H,4,6H2,1-2H3,(H,11,13). The Bertz CT molecular complexity index is 580. The van der Waals surface area contributed by atoms with Gasteiger partial charge in [-0.2, -0.15) is 0 Å². The third-order valence-corrected chi connectivity index (χ3v) is 4.69. The third-order valence-electron chi connectivity index (χ3n) is 2.27. The van der Waals surface area contributed by atoms with E-state index in [1.807, 2.05) is 0 Å². The van der Waals surface area contributed by atoms with Crippen molar-refractivity contribution in [2.45, 2.75) is 24.3 Å². The predicted octanol–water partition coefficient (Wildman–Crippen LogP) is -0.190. The molecular formula is C10H16N2O4S2. The second-order valence-corrected chi connectivity index (χ2v) is 7.20. The molecule has 2 unspecified atom stereocenters. The fourth-order valence-electron chi connectivity index (χ4n) is 1.34. The van der Waals surface area contributed by atoms with E-state index >= 15 is 0 Å². The Morgan fingerprint density at radius 1 is 1.50 bits per heavy atom. The number of H-pyrrole nitrogens is 1. The molecule has 0 aliphatic rings. The summed E-state index contributed by atoms with van der Waals surface area (Å²) < 4.78 is 37.1. The van der Waals surface area contributed by atoms with Gasteiger partial charge >= 0.3 is 0 Å². The van der Waals surface area contributed by atoms with Crippen molar-refractivity contribution in [3.63, 3.8) is 0 Å². The zero-order chi connectivity index (χ0) is 13.8. The SMILES string of the molecule is CC(CCS(C)=O)NS(=O)(=O)c1c[nH]ccc1=O. The van der Waals surface area contributed by atoms with Gasteiger partial charge in [-0.1, -0.05) is 0 Å². The lowest BCUT2D eigenvalue weighted by Crippen LogP contribution is -2.35. The van der Waals surface area contributed by atoms with Crippen LogP contribution in [0.5, 0.6) is 0 Å². The van der Waals surface area contributed by atoms with Crippen molar-refractivity contribution < 1.29 is 12.6 Å². The zero-order valence-electron chi connectivity index (χ0n) is 10.2. The molecule has 0 fully saturated rings. The Hall–Kier alpha value is -0.990. The van der Waals surface area contributed by atoms with E-state index in [4.69, 9.17) is 0 Å². The number of aromatic amines is 1. The minimum Gasteiger partial charge on any atom is -0.366 e. The molecule has 2 atom stereocenters. The van der Waals surface area contributed by atoms with E-state index in [0.29, 0.717) is 12.2 Å². The van der Waals surface area contributed by atoms with Gasteiger partial charge in [0.2, 0.25) is 15.5 Å². The fraction of sp³-hybridized carbons (Fsp3) is 0.500. The lowest BCUT2D eigenvalue weighted by molar-refractivity contribution is 0.554. The Kier molecular flexibility index (Phi) is 5.24. The largest absolute Gasteiger partial charge is 0.366 e. The molecule has 8 heteroatoms. The topological polar surface area (TPSA) is 96.1 Å². The number of rotatable bonds is 6. The van der Waals surface area contributed by atoms with Gasteiger partial charge in [-0.15, -0.1) is 0 Å². The van der Waals surface area contributed by atoms with E-state index in [1.165, 1.54) is 6.20 Å². The summed E-state index contributed by atoms with van der Waals surface area (Å²) >= 11 is 0. The highest BCUT2D eigenvalue weighted by Crippen LogP contribution is 2.03. The summed E-state index contributed by atoms with van der Waals surface area (Å²) in [6.07, 6.45) is 4.52. The highest BCUT2D eigenvalue weighted by Gasteiger charge is 2.20. The minimum absolute atomic E-state index is 0.311. The molecule has 18 heavy (non-hydrogen) atoms. The van der Waals surface area contributed by atoms with Crippen molar-refractivity contribution >= 4 is 20.8 Å². The van der Waals surface area contributed by atoms with Gasteiger partial charge in [0, 0.05) is 47.3 Å². The molecule has 0 saturated heterocycles. The second kappa shape index (κ2) is 6.26. The van der Waals surface area contributed by atoms with Crippen LogP contribution in [0, 0.1) is 0 Å². The molecule has 0 amide bonds. The van der Waals surface area contributed by atoms with Crippen molar-refractivity contribution in [3.8, 4) is 0 Å². The summed E-state index contributed by atoms with van der Waals surface area (Å²) in [6, 6.07) is 0.777. The van der Waals surface area contributed by atoms with Gasteiger partial charge in [0.15, 0.2) is 0 Å². The summed E-state index contributed by atoms with van der Waals surface area (Å²) in [7, 11) is -4.80. The molecule has 0 aliphatic carbocycles. The lowest BCUT2D eigenvalue weighted by Gasteiger charge is -2.12. The molecule has 0 aliphatic heterocycles. The van der Waals surface area contributed by atoms with Crippen LogP contribution in [0.2, 0.25) is 0 Å². The van der Waals surface area contributed by atoms with Crippen LogP contribution in [0.3, 0.4) is 0 Å². The quantitative estimate of drug-likeness (QED) is 0.759. The summed E-state index contributed by atoms with van der Waals surface area (Å²) in [4.78, 5) is 13.7. The molecule has 0 bridgehead atoms. The van der Waals surface area contributed by atoms with Crippen LogP contribution in [0.4, 0.5) is 0 Å². The maximum Gasteiger partial charge on any atom is 0.246 e. The van der Waals surface area contributed by atoms with Gasteiger partial charge in [0.25, 0.3) is 0 Å². The van der Waals surface area contributed by atoms with Crippen LogP contribution in [-0.4, -0.2) is 35.7 Å². The molecule has 0 aromatic carbocycles. The van der Waals surface area contributed by atoms with Crippen LogP contribution in [0.1, 0.15) is 13.3 Å². The normalized spacial score (nSPS) is 15.2. The van der Waals surface area contributed by atoms with E-state index in [1.54, 1.807) is 13.2 Å². The number of pyridine rings is 1. The van der Waals surface area contributed by atoms with Gasteiger partial charge in [-0.25, -0.2) is 13.1 Å². The van der Waals surface area contributed by atoms with Crippen molar-refractivity contribution in [2.75, 3.05) is 12.0 Å². The number of nitrogens with one attached hydrogen (secondary N) is 2. The molecular weight excluding hydrogens is 276 g/mol. The van der Waals surface area contributed by atoms with Gasteiger partial charge in [-0.05, 0) is 13.3 Å². The first-order valence-corrected chi connectivity index (χ1v) is 8.53. The number of hydrogen-bond acceptors (Lipinski definition) is 4. The Balaban J connectivity index is 2.80. The average molecular weight is 292 g/mol. The molecule has 0 spiro atoms. The molecule has 1 heterocycles. The summed E-state index contributed by atoms with van der Waals surface area (Å²) in [5, 5.41) is 0. The monoisotopic (exact) mass is 292 g/mol. The smallest absolute Gasteiger partial charge is 0.246 e. The predicted molar refractivity (Wildman–Crippen MR) is 70.4 cm³/mol. The molecule has 1 rings (SSSR count). The molecule has 0 radical (unpaired) electrons. The molecule has 6 nitrogen and oxygen atoms in total. The molecule has 1 aromatic rings. The number of sulfonamides is 1. The minimum atomic E-state index is -3.83. The fourth-order valence-corrected chi connectivity index (χ4v) is 3.36. The summed E-state index contributed by atoms with van der Waals surface area (Å²) in [5.74, 6) is 0.412. The average Bonchev–Trinajstić information content (AvgIpc) is 2.26. The Morgan fingerprint density at radius 3 is 2.72 bits per heavy atom. The van der Waals surface area contributed by atoms with Crippen molar-refractivity contribution in [2.24, 2.45) is 0 Å². The maximum absolute atomic E-state index is 11.9. The van der Waals surface area contributed by atoms with Gasteiger partial charge in [-0.3, -0.25) is 9.00 Å². The van der Waals surface area contributed by atoms with Gasteiger partial charge in [0.1, 0.15) is 4.90 Å². The van der Waals surface area contributed by atoms with E-state index in [9.17, 15) is 17.4 Å². The first-order valence-electron chi connectivity index (χ1n) is 5.32. The van der Waals surface area contributed by atoms with E-state index in [0.717, 1.165) is 12.3 Å². The highest BCUT2D eigenvalue weighted by molar-refractivity contribution is 7.89. The van der Waals surface area contributed by atoms with Gasteiger partial charge < -0.3 is 4.98 Å². The summed E-state index contributed by atoms with van der Waals surface area (Å²) in [5.41, 5.74) is -0.562. The molecule has 1 aromatic heterocycles. The molecule has 0 saturated carbocycles. The zero-order valence-corrected chi connectivity index (χ0v) is 11.8. The van der Waals surface area contributed by atoms with E-state index < -0.39 is 26.3 Å². The third kappa shape index (κ3) is 4.35. The first-order chi connectivity index (χ1) is 8.33. The maximum atomic E-state index is 11.9. The first kappa shape index (κ1) is 15.1. The van der Waals surface area contributed by atoms with Crippen LogP contribution >= 0.6 is 0 Å². The van der Waals surface area contributed by atoms with E-state index in [-0.39, 0.29) is 10.9 Å². The van der Waals surface area contributed by atoms with Crippen LogP contribution in [0.15, 0.2) is 28.2 Å². The van der Waals surface area contributed by atoms with Gasteiger partial charge in [0.05, 0.1) is 0 Å². The highest BCUT2D eigenvalue weighted by atomic mass is 32.2. The van der Waals surface area contributed by atoms with Crippen LogP contribution in [0.25, 0.3) is 0 Å². The lowest BCUT2D eigenvalue weighted by atomic mass is 10.3. The van der Waals surface area contributed by atoms with E-state index in [2.05, 4.69) is 9.71 Å². The van der Waals surface area contributed by atoms with Crippen molar-refractivity contribution in [1.82, 2.24) is 9.71 Å². The molecule has 102 valence electrons. The summed E-state index contributed by atoms with van der Waals surface area (Å²) in [6.45, 7) is 1.67. The van der Waals surface area contributed by atoms with Crippen molar-refractivity contribution in [1.29, 1.82) is 0 Å². The number of hydrogen-bond donors (Lipinski definition) is 2. The van der Waals surface area contributed by atoms with Crippen LogP contribution in [-0.2, 0) is 20.8 Å². The second-order valence-electron chi connectivity index (χ2n) is 3.96. The van der Waals surface area contributed by atoms with Crippen LogP contribution < -0.4 is 10.2 Å². The Morgan fingerprint density at radius 2 is 2.17 bits per heavy atom. The van der Waals surface area contributed by atoms with Crippen molar-refractivity contribution in [3.05, 3.63) is 28.7 Å². The Labute approximate surface area is 108 Å².